The summed E-state index contributed by atoms with van der Waals surface area (Å²) < 4.78 is 4.68. The van der Waals surface area contributed by atoms with E-state index in [0.717, 1.165) is 16.9 Å². The van der Waals surface area contributed by atoms with E-state index in [2.05, 4.69) is 148 Å². The van der Waals surface area contributed by atoms with Crippen molar-refractivity contribution in [2.75, 3.05) is 0 Å². The fourth-order valence-electron chi connectivity index (χ4n) is 6.70. The van der Waals surface area contributed by atoms with Crippen LogP contribution in [-0.4, -0.2) is 14.1 Å². The first-order valence-electron chi connectivity index (χ1n) is 14.3. The van der Waals surface area contributed by atoms with Crippen molar-refractivity contribution in [3.8, 4) is 22.6 Å². The van der Waals surface area contributed by atoms with Gasteiger partial charge in [0.15, 0.2) is 0 Å². The van der Waals surface area contributed by atoms with Crippen molar-refractivity contribution in [3.63, 3.8) is 0 Å². The standard InChI is InChI=1S/C39H25N3/c1-2-12-29-26(10-1)11-9-17-34(29)41-35-15-5-3-13-30(35)32-24-27(19-21-37(32)41)28-20-22-38-33(25-28)31-14-4-6-16-36(31)42(38)39-18-7-8-23-40-39/h1-25H. The van der Waals surface area contributed by atoms with Crippen molar-refractivity contribution in [2.45, 2.75) is 0 Å². The number of fused-ring (bicyclic) bond motifs is 7. The van der Waals surface area contributed by atoms with Gasteiger partial charge in [-0.15, -0.1) is 0 Å². The lowest BCUT2D eigenvalue weighted by molar-refractivity contribution is 1.08. The number of benzene rings is 6. The molecule has 0 fully saturated rings. The zero-order chi connectivity index (χ0) is 27.6. The Hall–Kier alpha value is -5.67. The van der Waals surface area contributed by atoms with Gasteiger partial charge in [0.05, 0.1) is 27.8 Å². The van der Waals surface area contributed by atoms with Crippen molar-refractivity contribution >= 4 is 54.4 Å². The second-order valence-corrected chi connectivity index (χ2v) is 10.9. The number of para-hydroxylation sites is 2. The van der Waals surface area contributed by atoms with Crippen LogP contribution < -0.4 is 0 Å². The van der Waals surface area contributed by atoms with E-state index in [1.165, 1.54) is 60.2 Å². The van der Waals surface area contributed by atoms with Gasteiger partial charge in [0.1, 0.15) is 5.82 Å². The minimum Gasteiger partial charge on any atom is -0.309 e. The Bertz CT molecular complexity index is 2460. The molecule has 0 radical (unpaired) electrons. The summed E-state index contributed by atoms with van der Waals surface area (Å²) in [6.07, 6.45) is 1.86. The Balaban J connectivity index is 1.28. The molecule has 0 saturated heterocycles. The molecule has 42 heavy (non-hydrogen) atoms. The average Bonchev–Trinajstić information content (AvgIpc) is 3.57. The minimum atomic E-state index is 0.930. The van der Waals surface area contributed by atoms with Crippen molar-refractivity contribution in [1.82, 2.24) is 14.1 Å². The molecular weight excluding hydrogens is 510 g/mol. The van der Waals surface area contributed by atoms with Crippen molar-refractivity contribution < 1.29 is 0 Å². The summed E-state index contributed by atoms with van der Waals surface area (Å²) in [5, 5.41) is 7.47. The van der Waals surface area contributed by atoms with E-state index < -0.39 is 0 Å². The molecule has 0 unspecified atom stereocenters. The minimum absolute atomic E-state index is 0.930. The monoisotopic (exact) mass is 535 g/mol. The first-order valence-corrected chi connectivity index (χ1v) is 14.3. The van der Waals surface area contributed by atoms with E-state index in [9.17, 15) is 0 Å². The third-order valence-corrected chi connectivity index (χ3v) is 8.56. The molecule has 0 aliphatic heterocycles. The normalized spacial score (nSPS) is 11.8. The SMILES string of the molecule is c1ccc(-n2c3ccccc3c3cc(-c4ccc5c(c4)c4ccccc4n5-c4cccc5ccccc45)ccc32)nc1. The van der Waals surface area contributed by atoms with E-state index >= 15 is 0 Å². The second kappa shape index (κ2) is 8.92. The van der Waals surface area contributed by atoms with Crippen LogP contribution in [0, 0.1) is 0 Å². The van der Waals surface area contributed by atoms with Crippen molar-refractivity contribution in [3.05, 3.63) is 152 Å². The molecule has 9 aromatic rings. The number of hydrogen-bond donors (Lipinski definition) is 0. The number of aromatic nitrogens is 3. The van der Waals surface area contributed by atoms with Crippen LogP contribution in [0.1, 0.15) is 0 Å². The second-order valence-electron chi connectivity index (χ2n) is 10.9. The van der Waals surface area contributed by atoms with E-state index in [-0.39, 0.29) is 0 Å². The first-order chi connectivity index (χ1) is 20.8. The molecule has 0 bridgehead atoms. The fraction of sp³-hybridized carbons (Fsp3) is 0. The van der Waals surface area contributed by atoms with Crippen LogP contribution in [0.2, 0.25) is 0 Å². The van der Waals surface area contributed by atoms with E-state index in [0.29, 0.717) is 0 Å². The highest BCUT2D eigenvalue weighted by Crippen LogP contribution is 2.38. The topological polar surface area (TPSA) is 22.8 Å². The molecule has 9 rings (SSSR count). The van der Waals surface area contributed by atoms with E-state index in [1.807, 2.05) is 18.3 Å². The molecule has 3 heteroatoms. The third kappa shape index (κ3) is 3.31. The van der Waals surface area contributed by atoms with Gasteiger partial charge in [-0.1, -0.05) is 91.0 Å². The molecule has 196 valence electrons. The molecule has 3 aromatic heterocycles. The molecule has 0 amide bonds. The van der Waals surface area contributed by atoms with Gasteiger partial charge in [-0.25, -0.2) is 4.98 Å². The van der Waals surface area contributed by atoms with Crippen LogP contribution in [0.5, 0.6) is 0 Å². The number of nitrogens with zero attached hydrogens (tertiary/aromatic N) is 3. The zero-order valence-electron chi connectivity index (χ0n) is 22.8. The van der Waals surface area contributed by atoms with Gasteiger partial charge >= 0.3 is 0 Å². The number of hydrogen-bond acceptors (Lipinski definition) is 1. The van der Waals surface area contributed by atoms with Crippen LogP contribution in [0.3, 0.4) is 0 Å². The summed E-state index contributed by atoms with van der Waals surface area (Å²) in [5.41, 5.74) is 8.37. The number of pyridine rings is 1. The molecule has 0 N–H and O–H groups in total. The van der Waals surface area contributed by atoms with E-state index in [1.54, 1.807) is 0 Å². The summed E-state index contributed by atoms with van der Waals surface area (Å²) in [5.74, 6) is 0.930. The lowest BCUT2D eigenvalue weighted by atomic mass is 10.0. The average molecular weight is 536 g/mol. The van der Waals surface area contributed by atoms with Gasteiger partial charge in [0, 0.05) is 33.1 Å². The van der Waals surface area contributed by atoms with Crippen LogP contribution in [0.4, 0.5) is 0 Å². The Kier molecular flexibility index (Phi) is 4.90. The molecule has 6 aromatic carbocycles. The molecule has 0 aliphatic carbocycles. The third-order valence-electron chi connectivity index (χ3n) is 8.56. The lowest BCUT2D eigenvalue weighted by Gasteiger charge is -2.12. The molecule has 3 nitrogen and oxygen atoms in total. The fourth-order valence-corrected chi connectivity index (χ4v) is 6.70. The lowest BCUT2D eigenvalue weighted by Crippen LogP contribution is -1.96. The van der Waals surface area contributed by atoms with Gasteiger partial charge in [-0.3, -0.25) is 4.57 Å². The molecule has 0 spiro atoms. The molecule has 0 aliphatic rings. The highest BCUT2D eigenvalue weighted by atomic mass is 15.1. The largest absolute Gasteiger partial charge is 0.309 e. The Labute approximate surface area is 242 Å². The first kappa shape index (κ1) is 23.1. The van der Waals surface area contributed by atoms with Crippen LogP contribution >= 0.6 is 0 Å². The van der Waals surface area contributed by atoms with Gasteiger partial charge in [0.2, 0.25) is 0 Å². The van der Waals surface area contributed by atoms with Gasteiger partial charge in [-0.2, -0.15) is 0 Å². The summed E-state index contributed by atoms with van der Waals surface area (Å²) >= 11 is 0. The highest BCUT2D eigenvalue weighted by molar-refractivity contribution is 6.13. The highest BCUT2D eigenvalue weighted by Gasteiger charge is 2.17. The summed E-state index contributed by atoms with van der Waals surface area (Å²) in [4.78, 5) is 4.67. The van der Waals surface area contributed by atoms with Crippen LogP contribution in [0.25, 0.3) is 77.0 Å². The maximum Gasteiger partial charge on any atom is 0.137 e. The molecule has 3 heterocycles. The quantitative estimate of drug-likeness (QED) is 0.221. The maximum absolute atomic E-state index is 4.67. The number of rotatable bonds is 3. The maximum atomic E-state index is 4.67. The Morgan fingerprint density at radius 2 is 0.929 bits per heavy atom. The predicted octanol–water partition coefficient (Wildman–Crippen LogP) is 10.1. The van der Waals surface area contributed by atoms with Gasteiger partial charge < -0.3 is 4.57 Å². The molecule has 0 saturated carbocycles. The van der Waals surface area contributed by atoms with Crippen molar-refractivity contribution in [1.29, 1.82) is 0 Å². The molecular formula is C39H25N3. The summed E-state index contributed by atoms with van der Waals surface area (Å²) in [7, 11) is 0. The Morgan fingerprint density at radius 3 is 1.62 bits per heavy atom. The predicted molar refractivity (Wildman–Crippen MR) is 176 cm³/mol. The van der Waals surface area contributed by atoms with E-state index in [4.69, 9.17) is 0 Å². The van der Waals surface area contributed by atoms with Crippen LogP contribution in [0.15, 0.2) is 152 Å². The van der Waals surface area contributed by atoms with Crippen molar-refractivity contribution in [2.24, 2.45) is 0 Å². The van der Waals surface area contributed by atoms with Gasteiger partial charge in [-0.05, 0) is 71.1 Å². The smallest absolute Gasteiger partial charge is 0.137 e. The Morgan fingerprint density at radius 1 is 0.381 bits per heavy atom. The summed E-state index contributed by atoms with van der Waals surface area (Å²) in [6, 6.07) is 52.4. The molecule has 0 atom stereocenters. The van der Waals surface area contributed by atoms with Crippen LogP contribution in [-0.2, 0) is 0 Å². The zero-order valence-corrected chi connectivity index (χ0v) is 22.8. The van der Waals surface area contributed by atoms with Gasteiger partial charge in [0.25, 0.3) is 0 Å². The summed E-state index contributed by atoms with van der Waals surface area (Å²) in [6.45, 7) is 0.